The number of hydrogen-bond acceptors (Lipinski definition) is 4. The van der Waals surface area contributed by atoms with Crippen LogP contribution in [0.4, 0.5) is 5.69 Å². The quantitative estimate of drug-likeness (QED) is 0.198. The lowest BCUT2D eigenvalue weighted by molar-refractivity contribution is 0.0132. The van der Waals surface area contributed by atoms with Crippen molar-refractivity contribution in [1.29, 1.82) is 0 Å². The summed E-state index contributed by atoms with van der Waals surface area (Å²) in [4.78, 5) is 6.92. The van der Waals surface area contributed by atoms with Crippen LogP contribution < -0.4 is 16.0 Å². The minimum Gasteiger partial charge on any atom is -0.385 e. The van der Waals surface area contributed by atoms with Gasteiger partial charge in [-0.3, -0.25) is 9.89 Å². The summed E-state index contributed by atoms with van der Waals surface area (Å²) in [6.07, 6.45) is 2.22. The maximum absolute atomic E-state index is 5.51. The van der Waals surface area contributed by atoms with Crippen molar-refractivity contribution in [2.75, 3.05) is 58.3 Å². The van der Waals surface area contributed by atoms with E-state index in [0.717, 1.165) is 58.3 Å². The molecule has 6 nitrogen and oxygen atoms in total. The Morgan fingerprint density at radius 3 is 2.46 bits per heavy atom. The van der Waals surface area contributed by atoms with E-state index in [-0.39, 0.29) is 24.0 Å². The normalized spacial score (nSPS) is 16.4. The van der Waals surface area contributed by atoms with Gasteiger partial charge in [0.05, 0.1) is 13.2 Å². The molecule has 7 heteroatoms. The van der Waals surface area contributed by atoms with E-state index in [1.807, 2.05) is 25.2 Å². The molecule has 2 rings (SSSR count). The Morgan fingerprint density at radius 2 is 1.82 bits per heavy atom. The molecule has 0 amide bonds. The van der Waals surface area contributed by atoms with E-state index >= 15 is 0 Å². The minimum absolute atomic E-state index is 0. The molecule has 1 aliphatic heterocycles. The average Bonchev–Trinajstić information content (AvgIpc) is 2.70. The molecular weight excluding hydrogens is 465 g/mol. The van der Waals surface area contributed by atoms with Gasteiger partial charge < -0.3 is 20.7 Å². The zero-order valence-corrected chi connectivity index (χ0v) is 19.9. The molecule has 0 spiro atoms. The van der Waals surface area contributed by atoms with E-state index in [1.165, 1.54) is 12.1 Å². The van der Waals surface area contributed by atoms with Crippen LogP contribution in [0.1, 0.15) is 26.7 Å². The van der Waals surface area contributed by atoms with Crippen LogP contribution in [0, 0.1) is 5.92 Å². The number of morpholine rings is 1. The number of anilines is 1. The lowest BCUT2D eigenvalue weighted by Crippen LogP contribution is -2.51. The molecule has 1 saturated heterocycles. The Kier molecular flexibility index (Phi) is 13.3. The monoisotopic (exact) mass is 503 g/mol. The van der Waals surface area contributed by atoms with Gasteiger partial charge in [-0.2, -0.15) is 0 Å². The van der Waals surface area contributed by atoms with Gasteiger partial charge in [-0.15, -0.1) is 24.0 Å². The van der Waals surface area contributed by atoms with Crippen LogP contribution in [-0.2, 0) is 4.74 Å². The largest absolute Gasteiger partial charge is 0.385 e. The van der Waals surface area contributed by atoms with Gasteiger partial charge in [-0.25, -0.2) is 0 Å². The number of guanidine groups is 1. The van der Waals surface area contributed by atoms with E-state index in [1.54, 1.807) is 0 Å². The van der Waals surface area contributed by atoms with E-state index in [4.69, 9.17) is 4.74 Å². The van der Waals surface area contributed by atoms with E-state index in [0.29, 0.717) is 12.0 Å². The summed E-state index contributed by atoms with van der Waals surface area (Å²) in [5, 5.41) is 10.4. The van der Waals surface area contributed by atoms with Crippen molar-refractivity contribution in [3.05, 3.63) is 30.3 Å². The van der Waals surface area contributed by atoms with Crippen molar-refractivity contribution in [1.82, 2.24) is 15.5 Å². The first kappa shape index (κ1) is 25.0. The molecule has 0 aliphatic carbocycles. The maximum atomic E-state index is 5.51. The summed E-state index contributed by atoms with van der Waals surface area (Å²) < 4.78 is 5.51. The first-order chi connectivity index (χ1) is 13.2. The van der Waals surface area contributed by atoms with Crippen molar-refractivity contribution in [3.8, 4) is 0 Å². The third-order valence-electron chi connectivity index (χ3n) is 4.78. The summed E-state index contributed by atoms with van der Waals surface area (Å²) in [6, 6.07) is 10.8. The second-order valence-corrected chi connectivity index (χ2v) is 7.46. The lowest BCUT2D eigenvalue weighted by Gasteiger charge is -2.35. The van der Waals surface area contributed by atoms with Gasteiger partial charge in [-0.05, 0) is 30.9 Å². The number of halogens is 1. The van der Waals surface area contributed by atoms with Crippen LogP contribution >= 0.6 is 24.0 Å². The number of hydrogen-bond donors (Lipinski definition) is 3. The molecule has 28 heavy (non-hydrogen) atoms. The van der Waals surface area contributed by atoms with Gasteiger partial charge in [0.1, 0.15) is 0 Å². The first-order valence-electron chi connectivity index (χ1n) is 10.2. The predicted molar refractivity (Wildman–Crippen MR) is 130 cm³/mol. The molecule has 160 valence electrons. The molecule has 3 N–H and O–H groups in total. The van der Waals surface area contributed by atoms with Crippen LogP contribution in [0.25, 0.3) is 0 Å². The molecule has 0 aromatic heterocycles. The number of nitrogens with one attached hydrogen (secondary N) is 3. The Balaban J connectivity index is 0.00000392. The van der Waals surface area contributed by atoms with E-state index in [2.05, 4.69) is 51.8 Å². The van der Waals surface area contributed by atoms with Crippen LogP contribution in [0.15, 0.2) is 35.3 Å². The summed E-state index contributed by atoms with van der Waals surface area (Å²) in [6.45, 7) is 11.1. The second kappa shape index (κ2) is 14.9. The first-order valence-corrected chi connectivity index (χ1v) is 10.2. The van der Waals surface area contributed by atoms with Crippen LogP contribution in [-0.4, -0.2) is 69.9 Å². The molecule has 1 heterocycles. The Hall–Kier alpha value is -1.06. The van der Waals surface area contributed by atoms with Crippen molar-refractivity contribution in [2.24, 2.45) is 10.9 Å². The molecule has 1 fully saturated rings. The summed E-state index contributed by atoms with van der Waals surface area (Å²) in [7, 11) is 1.84. The predicted octanol–water partition coefficient (Wildman–Crippen LogP) is 3.02. The number of benzene rings is 1. The van der Waals surface area contributed by atoms with Crippen molar-refractivity contribution >= 4 is 35.6 Å². The van der Waals surface area contributed by atoms with Crippen molar-refractivity contribution in [2.45, 2.75) is 32.7 Å². The highest BCUT2D eigenvalue weighted by Gasteiger charge is 2.22. The fourth-order valence-corrected chi connectivity index (χ4v) is 3.37. The van der Waals surface area contributed by atoms with Crippen molar-refractivity contribution in [3.63, 3.8) is 0 Å². The molecule has 1 aromatic rings. The van der Waals surface area contributed by atoms with Gasteiger partial charge in [0, 0.05) is 51.5 Å². The third kappa shape index (κ3) is 9.93. The van der Waals surface area contributed by atoms with Gasteiger partial charge in [0.2, 0.25) is 0 Å². The van der Waals surface area contributed by atoms with E-state index in [9.17, 15) is 0 Å². The number of nitrogens with zero attached hydrogens (tertiary/aromatic N) is 2. The number of rotatable bonds is 10. The third-order valence-corrected chi connectivity index (χ3v) is 4.78. The molecule has 1 aliphatic rings. The molecular formula is C21H38IN5O. The van der Waals surface area contributed by atoms with Crippen LogP contribution in [0.2, 0.25) is 0 Å². The highest BCUT2D eigenvalue weighted by molar-refractivity contribution is 14.0. The summed E-state index contributed by atoms with van der Waals surface area (Å²) in [5.74, 6) is 1.57. The zero-order valence-electron chi connectivity index (χ0n) is 17.6. The van der Waals surface area contributed by atoms with Gasteiger partial charge in [-0.1, -0.05) is 32.0 Å². The van der Waals surface area contributed by atoms with Gasteiger partial charge >= 0.3 is 0 Å². The topological polar surface area (TPSA) is 60.9 Å². The SMILES string of the molecule is CN=C(NCCCNc1ccccc1)NCC(CC(C)C)N1CCOCC1.I. The molecule has 0 saturated carbocycles. The fourth-order valence-electron chi connectivity index (χ4n) is 3.37. The standard InChI is InChI=1S/C21H37N5O.HI/c1-18(2)16-20(26-12-14-27-15-13-26)17-25-21(22-3)24-11-7-10-23-19-8-5-4-6-9-19;/h4-6,8-9,18,20,23H,7,10-17H2,1-3H3,(H2,22,24,25);1H. The second-order valence-electron chi connectivity index (χ2n) is 7.46. The average molecular weight is 503 g/mol. The fraction of sp³-hybridized carbons (Fsp3) is 0.667. The number of para-hydroxylation sites is 1. The van der Waals surface area contributed by atoms with Crippen molar-refractivity contribution < 1.29 is 4.74 Å². The number of aliphatic imine (C=N–C) groups is 1. The number of ether oxygens (including phenoxy) is 1. The molecule has 1 unspecified atom stereocenters. The minimum atomic E-state index is 0. The van der Waals surface area contributed by atoms with Crippen LogP contribution in [0.5, 0.6) is 0 Å². The molecule has 1 aromatic carbocycles. The lowest BCUT2D eigenvalue weighted by atomic mass is 10.0. The van der Waals surface area contributed by atoms with E-state index < -0.39 is 0 Å². The molecule has 1 atom stereocenters. The Morgan fingerprint density at radius 1 is 1.11 bits per heavy atom. The molecule has 0 radical (unpaired) electrons. The zero-order chi connectivity index (χ0) is 19.3. The van der Waals surface area contributed by atoms with Crippen LogP contribution in [0.3, 0.4) is 0 Å². The highest BCUT2D eigenvalue weighted by Crippen LogP contribution is 2.13. The van der Waals surface area contributed by atoms with Gasteiger partial charge in [0.15, 0.2) is 5.96 Å². The smallest absolute Gasteiger partial charge is 0.191 e. The summed E-state index contributed by atoms with van der Waals surface area (Å²) >= 11 is 0. The highest BCUT2D eigenvalue weighted by atomic mass is 127. The van der Waals surface area contributed by atoms with Gasteiger partial charge in [0.25, 0.3) is 0 Å². The summed E-state index contributed by atoms with van der Waals surface area (Å²) in [5.41, 5.74) is 1.17. The maximum Gasteiger partial charge on any atom is 0.191 e. The molecule has 0 bridgehead atoms. The Bertz CT molecular complexity index is 535. The Labute approximate surface area is 187 Å².